The van der Waals surface area contributed by atoms with E-state index in [-0.39, 0.29) is 5.97 Å². The molecule has 0 amide bonds. The van der Waals surface area contributed by atoms with E-state index in [0.29, 0.717) is 32.7 Å². The molecule has 0 saturated heterocycles. The van der Waals surface area contributed by atoms with E-state index in [2.05, 4.69) is 24.5 Å². The first-order chi connectivity index (χ1) is 11.0. The van der Waals surface area contributed by atoms with E-state index in [1.165, 1.54) is 6.08 Å². The third-order valence-corrected chi connectivity index (χ3v) is 2.27. The maximum Gasteiger partial charge on any atom is 0.330 e. The number of esters is 3. The van der Waals surface area contributed by atoms with E-state index in [4.69, 9.17) is 9.47 Å². The van der Waals surface area contributed by atoms with Crippen molar-refractivity contribution < 1.29 is 28.6 Å². The van der Waals surface area contributed by atoms with Gasteiger partial charge in [0.1, 0.15) is 0 Å². The number of hydrogen-bond donors (Lipinski definition) is 0. The fourth-order valence-corrected chi connectivity index (χ4v) is 1.04. The molecule has 0 unspecified atom stereocenters. The number of carbonyl (C=O) groups excluding carboxylic acids is 3. The Morgan fingerprint density at radius 2 is 1.00 bits per heavy atom. The zero-order chi connectivity index (χ0) is 17.9. The maximum atomic E-state index is 10.6. The number of hydrogen-bond acceptors (Lipinski definition) is 6. The van der Waals surface area contributed by atoms with E-state index in [9.17, 15) is 14.4 Å². The Balaban J connectivity index is 0. The van der Waals surface area contributed by atoms with Gasteiger partial charge in [-0.1, -0.05) is 33.1 Å². The Morgan fingerprint density at radius 3 is 1.26 bits per heavy atom. The molecule has 0 radical (unpaired) electrons. The van der Waals surface area contributed by atoms with Crippen molar-refractivity contribution >= 4 is 17.9 Å². The molecule has 6 heteroatoms. The summed E-state index contributed by atoms with van der Waals surface area (Å²) in [5, 5.41) is 0. The minimum atomic E-state index is -0.437. The highest BCUT2D eigenvalue weighted by Gasteiger charge is 1.97. The third-order valence-electron chi connectivity index (χ3n) is 2.27. The second-order valence-corrected chi connectivity index (χ2v) is 4.18. The number of carbonyl (C=O) groups is 3. The minimum absolute atomic E-state index is 0.316. The summed E-state index contributed by atoms with van der Waals surface area (Å²) in [6.45, 7) is 13.0. The average molecular weight is 326 g/mol. The van der Waals surface area contributed by atoms with Crippen molar-refractivity contribution in [1.82, 2.24) is 0 Å². The molecule has 130 valence electrons. The topological polar surface area (TPSA) is 78.9 Å². The Bertz CT molecular complexity index is 363. The SMILES string of the molecule is C=CC(=O)OCCCC.C=CC(=O)OCCCCOC(=O)C=C. The summed E-state index contributed by atoms with van der Waals surface area (Å²) >= 11 is 0. The first-order valence-electron chi connectivity index (χ1n) is 7.39. The van der Waals surface area contributed by atoms with Gasteiger partial charge in [-0.3, -0.25) is 0 Å². The quantitative estimate of drug-likeness (QED) is 0.251. The molecule has 0 aromatic rings. The predicted octanol–water partition coefficient (Wildman–Crippen LogP) is 2.74. The van der Waals surface area contributed by atoms with Crippen molar-refractivity contribution in [1.29, 1.82) is 0 Å². The predicted molar refractivity (Wildman–Crippen MR) is 87.6 cm³/mol. The highest BCUT2D eigenvalue weighted by molar-refractivity contribution is 5.81. The van der Waals surface area contributed by atoms with Crippen molar-refractivity contribution in [3.8, 4) is 0 Å². The third kappa shape index (κ3) is 19.6. The summed E-state index contributed by atoms with van der Waals surface area (Å²) in [4.78, 5) is 31.5. The summed E-state index contributed by atoms with van der Waals surface area (Å²) < 4.78 is 14.1. The van der Waals surface area contributed by atoms with Crippen molar-refractivity contribution in [3.63, 3.8) is 0 Å². The van der Waals surface area contributed by atoms with Crippen molar-refractivity contribution in [2.24, 2.45) is 0 Å². The Morgan fingerprint density at radius 1 is 0.696 bits per heavy atom. The van der Waals surface area contributed by atoms with Gasteiger partial charge in [0.05, 0.1) is 19.8 Å². The molecule has 0 aromatic heterocycles. The van der Waals surface area contributed by atoms with E-state index in [0.717, 1.165) is 25.0 Å². The van der Waals surface area contributed by atoms with Crippen LogP contribution in [0.25, 0.3) is 0 Å². The molecule has 0 saturated carbocycles. The zero-order valence-electron chi connectivity index (χ0n) is 13.8. The minimum Gasteiger partial charge on any atom is -0.463 e. The lowest BCUT2D eigenvalue weighted by Gasteiger charge is -2.02. The van der Waals surface area contributed by atoms with Gasteiger partial charge in [-0.05, 0) is 19.3 Å². The first kappa shape index (κ1) is 22.9. The molecular weight excluding hydrogens is 300 g/mol. The molecule has 0 rings (SSSR count). The van der Waals surface area contributed by atoms with Gasteiger partial charge in [0.25, 0.3) is 0 Å². The smallest absolute Gasteiger partial charge is 0.330 e. The van der Waals surface area contributed by atoms with Crippen LogP contribution in [0.15, 0.2) is 38.0 Å². The fraction of sp³-hybridized carbons (Fsp3) is 0.471. The second kappa shape index (κ2) is 17.7. The number of ether oxygens (including phenoxy) is 3. The summed E-state index contributed by atoms with van der Waals surface area (Å²) in [5.74, 6) is -1.20. The second-order valence-electron chi connectivity index (χ2n) is 4.18. The Kier molecular flexibility index (Phi) is 17.6. The van der Waals surface area contributed by atoms with Gasteiger partial charge in [-0.25, -0.2) is 14.4 Å². The maximum absolute atomic E-state index is 10.6. The average Bonchev–Trinajstić information content (AvgIpc) is 2.57. The number of rotatable bonds is 11. The van der Waals surface area contributed by atoms with Crippen LogP contribution in [0.2, 0.25) is 0 Å². The summed E-state index contributed by atoms with van der Waals surface area (Å²) in [6.07, 6.45) is 6.68. The standard InChI is InChI=1S/C10H14O4.C7H12O2/c1-3-9(11)13-7-5-6-8-14-10(12)4-2;1-3-5-6-9-7(8)4-2/h3-4H,1-2,5-8H2;4H,2-3,5-6H2,1H3. The lowest BCUT2D eigenvalue weighted by atomic mass is 10.3. The molecule has 0 aliphatic heterocycles. The molecule has 6 nitrogen and oxygen atoms in total. The molecule has 0 aliphatic carbocycles. The Hall–Kier alpha value is -2.37. The van der Waals surface area contributed by atoms with Crippen LogP contribution in [0, 0.1) is 0 Å². The molecule has 0 N–H and O–H groups in total. The van der Waals surface area contributed by atoms with E-state index in [1.807, 2.05) is 6.92 Å². The van der Waals surface area contributed by atoms with Crippen LogP contribution in [-0.2, 0) is 28.6 Å². The van der Waals surface area contributed by atoms with Crippen LogP contribution in [-0.4, -0.2) is 37.7 Å². The zero-order valence-corrected chi connectivity index (χ0v) is 13.8. The van der Waals surface area contributed by atoms with Gasteiger partial charge >= 0.3 is 17.9 Å². The van der Waals surface area contributed by atoms with Crippen LogP contribution < -0.4 is 0 Å². The monoisotopic (exact) mass is 326 g/mol. The van der Waals surface area contributed by atoms with E-state index in [1.54, 1.807) is 0 Å². The van der Waals surface area contributed by atoms with Crippen LogP contribution in [0.3, 0.4) is 0 Å². The molecule has 0 aliphatic rings. The summed E-state index contributed by atoms with van der Waals surface area (Å²) in [5.41, 5.74) is 0. The van der Waals surface area contributed by atoms with Gasteiger partial charge in [0, 0.05) is 18.2 Å². The van der Waals surface area contributed by atoms with Gasteiger partial charge in [-0.2, -0.15) is 0 Å². The molecule has 0 atom stereocenters. The van der Waals surface area contributed by atoms with Gasteiger partial charge < -0.3 is 14.2 Å². The highest BCUT2D eigenvalue weighted by Crippen LogP contribution is 1.93. The van der Waals surface area contributed by atoms with Gasteiger partial charge in [0.2, 0.25) is 0 Å². The normalized spacial score (nSPS) is 8.74. The van der Waals surface area contributed by atoms with E-state index >= 15 is 0 Å². The lowest BCUT2D eigenvalue weighted by molar-refractivity contribution is -0.140. The van der Waals surface area contributed by atoms with Crippen LogP contribution in [0.4, 0.5) is 0 Å². The Labute approximate surface area is 137 Å². The molecule has 0 fully saturated rings. The largest absolute Gasteiger partial charge is 0.463 e. The fourth-order valence-electron chi connectivity index (χ4n) is 1.04. The van der Waals surface area contributed by atoms with Crippen molar-refractivity contribution in [3.05, 3.63) is 38.0 Å². The van der Waals surface area contributed by atoms with Crippen LogP contribution in [0.5, 0.6) is 0 Å². The molecular formula is C17H26O6. The molecule has 0 bridgehead atoms. The van der Waals surface area contributed by atoms with Crippen LogP contribution in [0.1, 0.15) is 32.6 Å². The molecule has 23 heavy (non-hydrogen) atoms. The van der Waals surface area contributed by atoms with Crippen molar-refractivity contribution in [2.75, 3.05) is 19.8 Å². The van der Waals surface area contributed by atoms with E-state index < -0.39 is 11.9 Å². The van der Waals surface area contributed by atoms with Crippen LogP contribution >= 0.6 is 0 Å². The molecule has 0 spiro atoms. The molecule has 0 aromatic carbocycles. The van der Waals surface area contributed by atoms with Gasteiger partial charge in [0.15, 0.2) is 0 Å². The number of unbranched alkanes of at least 4 members (excludes halogenated alkanes) is 2. The summed E-state index contributed by atoms with van der Waals surface area (Å²) in [6, 6.07) is 0. The van der Waals surface area contributed by atoms with Gasteiger partial charge in [-0.15, -0.1) is 0 Å². The van der Waals surface area contributed by atoms with Crippen molar-refractivity contribution in [2.45, 2.75) is 32.6 Å². The highest BCUT2D eigenvalue weighted by atomic mass is 16.5. The summed E-state index contributed by atoms with van der Waals surface area (Å²) in [7, 11) is 0. The lowest BCUT2D eigenvalue weighted by Crippen LogP contribution is -2.05. The molecule has 0 heterocycles. The first-order valence-corrected chi connectivity index (χ1v) is 7.39.